The van der Waals surface area contributed by atoms with Crippen molar-refractivity contribution in [1.29, 1.82) is 0 Å². The summed E-state index contributed by atoms with van der Waals surface area (Å²) in [5.74, 6) is 0. The fourth-order valence-corrected chi connectivity index (χ4v) is 0.528. The van der Waals surface area contributed by atoms with Gasteiger partial charge in [-0.15, -0.1) is 0 Å². The van der Waals surface area contributed by atoms with Gasteiger partial charge in [0.15, 0.2) is 6.04 Å². The van der Waals surface area contributed by atoms with Gasteiger partial charge in [-0.1, -0.05) is 0 Å². The van der Waals surface area contributed by atoms with Crippen LogP contribution in [0.3, 0.4) is 0 Å². The molecular formula is C8H13F3NO2. The van der Waals surface area contributed by atoms with E-state index >= 15 is 0 Å². The highest BCUT2D eigenvalue weighted by atomic mass is 19.4. The van der Waals surface area contributed by atoms with Crippen molar-refractivity contribution in [1.82, 2.24) is 5.32 Å². The highest BCUT2D eigenvalue weighted by Crippen LogP contribution is 2.25. The molecule has 3 nitrogen and oxygen atoms in total. The first kappa shape index (κ1) is 13.1. The molecule has 0 fully saturated rings. The van der Waals surface area contributed by atoms with Crippen LogP contribution < -0.4 is 5.32 Å². The topological polar surface area (TPSA) is 38.3 Å². The Kier molecular flexibility index (Phi) is 3.79. The lowest BCUT2D eigenvalue weighted by atomic mass is 10.2. The molecule has 0 bridgehead atoms. The Bertz CT molecular complexity index is 208. The van der Waals surface area contributed by atoms with E-state index in [1.807, 2.05) is 0 Å². The summed E-state index contributed by atoms with van der Waals surface area (Å²) in [6.07, 6.45) is -5.64. The molecule has 83 valence electrons. The molecule has 0 spiro atoms. The third-order valence-electron chi connectivity index (χ3n) is 1.11. The van der Waals surface area contributed by atoms with Crippen LogP contribution in [0.2, 0.25) is 0 Å². The van der Waals surface area contributed by atoms with Crippen molar-refractivity contribution >= 4 is 6.09 Å². The second-order valence-electron chi connectivity index (χ2n) is 3.75. The van der Waals surface area contributed by atoms with Gasteiger partial charge in [0, 0.05) is 0 Å². The van der Waals surface area contributed by atoms with E-state index in [0.29, 0.717) is 0 Å². The van der Waals surface area contributed by atoms with E-state index in [4.69, 9.17) is 0 Å². The number of nitrogens with one attached hydrogen (secondary N) is 1. The fraction of sp³-hybridized carbons (Fsp3) is 0.750. The van der Waals surface area contributed by atoms with Gasteiger partial charge in [-0.3, -0.25) is 0 Å². The van der Waals surface area contributed by atoms with Crippen LogP contribution in [-0.2, 0) is 4.74 Å². The lowest BCUT2D eigenvalue weighted by Gasteiger charge is -2.22. The summed E-state index contributed by atoms with van der Waals surface area (Å²) in [6, 6.07) is -1.09. The van der Waals surface area contributed by atoms with Gasteiger partial charge in [-0.2, -0.15) is 13.2 Å². The Morgan fingerprint density at radius 2 is 1.64 bits per heavy atom. The first-order chi connectivity index (χ1) is 6.02. The Morgan fingerprint density at radius 1 is 1.21 bits per heavy atom. The van der Waals surface area contributed by atoms with Crippen LogP contribution in [0.5, 0.6) is 0 Å². The number of alkyl halides is 3. The molecule has 0 saturated carbocycles. The number of rotatable bonds is 1. The van der Waals surface area contributed by atoms with Crippen molar-refractivity contribution in [3.05, 3.63) is 6.04 Å². The first-order valence-corrected chi connectivity index (χ1v) is 3.93. The maximum absolute atomic E-state index is 11.9. The van der Waals surface area contributed by atoms with E-state index < -0.39 is 23.9 Å². The van der Waals surface area contributed by atoms with E-state index in [1.54, 1.807) is 26.1 Å². The molecule has 0 atom stereocenters. The van der Waals surface area contributed by atoms with E-state index in [0.717, 1.165) is 6.92 Å². The molecule has 0 aromatic heterocycles. The highest BCUT2D eigenvalue weighted by Gasteiger charge is 2.39. The largest absolute Gasteiger partial charge is 0.444 e. The Balaban J connectivity index is 4.09. The van der Waals surface area contributed by atoms with Gasteiger partial charge >= 0.3 is 12.3 Å². The van der Waals surface area contributed by atoms with Crippen LogP contribution in [0.4, 0.5) is 18.0 Å². The number of carbonyl (C=O) groups excluding carboxylic acids is 1. The van der Waals surface area contributed by atoms with Crippen molar-refractivity contribution in [3.8, 4) is 0 Å². The molecule has 0 aliphatic rings. The average molecular weight is 212 g/mol. The predicted molar refractivity (Wildman–Crippen MR) is 44.3 cm³/mol. The van der Waals surface area contributed by atoms with E-state index in [9.17, 15) is 18.0 Å². The maximum Gasteiger partial charge on any atom is 0.413 e. The van der Waals surface area contributed by atoms with Crippen molar-refractivity contribution in [3.63, 3.8) is 0 Å². The summed E-state index contributed by atoms with van der Waals surface area (Å²) in [5.41, 5.74) is -0.810. The van der Waals surface area contributed by atoms with Crippen LogP contribution in [0.15, 0.2) is 0 Å². The number of amides is 1. The maximum atomic E-state index is 11.9. The predicted octanol–water partition coefficient (Wildman–Crippen LogP) is 2.63. The number of ether oxygens (including phenoxy) is 1. The van der Waals surface area contributed by atoms with Crippen molar-refractivity contribution in [2.45, 2.75) is 39.5 Å². The molecule has 0 unspecified atom stereocenters. The zero-order valence-corrected chi connectivity index (χ0v) is 8.45. The van der Waals surface area contributed by atoms with Crippen LogP contribution >= 0.6 is 0 Å². The minimum atomic E-state index is -4.53. The first-order valence-electron chi connectivity index (χ1n) is 3.93. The number of hydrogen-bond donors (Lipinski definition) is 1. The molecule has 0 aliphatic carbocycles. The molecule has 0 heterocycles. The number of alkyl carbamates (subject to hydrolysis) is 1. The van der Waals surface area contributed by atoms with E-state index in [-0.39, 0.29) is 0 Å². The lowest BCUT2D eigenvalue weighted by Crippen LogP contribution is -2.39. The summed E-state index contributed by atoms with van der Waals surface area (Å²) in [4.78, 5) is 10.9. The molecule has 6 heteroatoms. The monoisotopic (exact) mass is 212 g/mol. The number of halogens is 3. The molecular weight excluding hydrogens is 199 g/mol. The zero-order chi connectivity index (χ0) is 11.6. The molecule has 1 radical (unpaired) electrons. The van der Waals surface area contributed by atoms with Gasteiger partial charge in [0.05, 0.1) is 0 Å². The van der Waals surface area contributed by atoms with Gasteiger partial charge in [-0.05, 0) is 27.7 Å². The fourth-order valence-electron chi connectivity index (χ4n) is 0.528. The molecule has 1 amide bonds. The highest BCUT2D eigenvalue weighted by molar-refractivity contribution is 5.69. The smallest absolute Gasteiger partial charge is 0.413 e. The van der Waals surface area contributed by atoms with E-state index in [2.05, 4.69) is 4.74 Å². The summed E-state index contributed by atoms with van der Waals surface area (Å²) in [6.45, 7) is 5.46. The van der Waals surface area contributed by atoms with Crippen molar-refractivity contribution < 1.29 is 22.7 Å². The SMILES string of the molecule is C[C](NC(=O)OC(C)(C)C)C(F)(F)F. The molecule has 0 rings (SSSR count). The molecule has 1 N–H and O–H groups in total. The standard InChI is InChI=1S/C8H13F3NO2/c1-5(8(9,10)11)12-6(13)14-7(2,3)4/h1-4H3,(H,12,13). The third-order valence-corrected chi connectivity index (χ3v) is 1.11. The molecule has 0 saturated heterocycles. The minimum Gasteiger partial charge on any atom is -0.444 e. The summed E-state index contributed by atoms with van der Waals surface area (Å²) in [5, 5.41) is 1.61. The summed E-state index contributed by atoms with van der Waals surface area (Å²) in [7, 11) is 0. The molecule has 0 aromatic rings. The van der Waals surface area contributed by atoms with Crippen molar-refractivity contribution in [2.24, 2.45) is 0 Å². The van der Waals surface area contributed by atoms with Gasteiger partial charge < -0.3 is 10.1 Å². The second kappa shape index (κ2) is 4.06. The summed E-state index contributed by atoms with van der Waals surface area (Å²) >= 11 is 0. The van der Waals surface area contributed by atoms with Crippen LogP contribution in [0, 0.1) is 6.04 Å². The van der Waals surface area contributed by atoms with E-state index in [1.165, 1.54) is 0 Å². The van der Waals surface area contributed by atoms with Gasteiger partial charge in [0.25, 0.3) is 0 Å². The average Bonchev–Trinajstić information content (AvgIpc) is 1.79. The minimum absolute atomic E-state index is 0.768. The van der Waals surface area contributed by atoms with Gasteiger partial charge in [-0.25, -0.2) is 4.79 Å². The zero-order valence-electron chi connectivity index (χ0n) is 8.45. The van der Waals surface area contributed by atoms with Gasteiger partial charge in [0.1, 0.15) is 5.60 Å². The molecule has 0 aliphatic heterocycles. The van der Waals surface area contributed by atoms with Crippen LogP contribution in [0.1, 0.15) is 27.7 Å². The molecule has 14 heavy (non-hydrogen) atoms. The van der Waals surface area contributed by atoms with Gasteiger partial charge in [0.2, 0.25) is 0 Å². The third kappa shape index (κ3) is 5.66. The number of carbonyl (C=O) groups is 1. The Morgan fingerprint density at radius 3 is 1.93 bits per heavy atom. The van der Waals surface area contributed by atoms with Crippen molar-refractivity contribution in [2.75, 3.05) is 0 Å². The quantitative estimate of drug-likeness (QED) is 0.725. The molecule has 0 aromatic carbocycles. The van der Waals surface area contributed by atoms with Crippen LogP contribution in [0.25, 0.3) is 0 Å². The van der Waals surface area contributed by atoms with Crippen LogP contribution in [-0.4, -0.2) is 17.9 Å². The lowest BCUT2D eigenvalue weighted by molar-refractivity contribution is -0.118. The Labute approximate surface area is 80.6 Å². The Hall–Kier alpha value is -0.940. The number of hydrogen-bond acceptors (Lipinski definition) is 2. The normalized spacial score (nSPS) is 12.9. The summed E-state index contributed by atoms with van der Waals surface area (Å²) < 4.78 is 40.4. The second-order valence-corrected chi connectivity index (χ2v) is 3.75.